The minimum absolute atomic E-state index is 0.195. The molecule has 2 aromatic rings. The Hall–Kier alpha value is -2.30. The maximum absolute atomic E-state index is 12.0. The van der Waals surface area contributed by atoms with Gasteiger partial charge in [-0.15, -0.1) is 0 Å². The number of aromatic nitrogens is 2. The van der Waals surface area contributed by atoms with E-state index in [1.54, 1.807) is 0 Å². The Labute approximate surface area is 119 Å². The average molecular weight is 272 g/mol. The summed E-state index contributed by atoms with van der Waals surface area (Å²) in [5.74, 6) is -0.195. The van der Waals surface area contributed by atoms with Crippen LogP contribution in [0.5, 0.6) is 0 Å². The van der Waals surface area contributed by atoms with Crippen LogP contribution in [0.25, 0.3) is 0 Å². The van der Waals surface area contributed by atoms with Gasteiger partial charge in [0.2, 0.25) is 0 Å². The minimum atomic E-state index is -0.195. The molecule has 2 rings (SSSR count). The fraction of sp³-hybridized carbons (Fsp3) is 0.333. The van der Waals surface area contributed by atoms with Crippen LogP contribution in [0.1, 0.15) is 30.0 Å². The summed E-state index contributed by atoms with van der Waals surface area (Å²) in [6.07, 6.45) is 1.52. The monoisotopic (exact) mass is 272 g/mol. The molecule has 1 aromatic carbocycles. The molecule has 0 aliphatic rings. The normalized spacial score (nSPS) is 10.3. The molecule has 0 fully saturated rings. The lowest BCUT2D eigenvalue weighted by Crippen LogP contribution is -2.21. The van der Waals surface area contributed by atoms with Crippen LogP contribution in [-0.4, -0.2) is 29.0 Å². The van der Waals surface area contributed by atoms with E-state index in [1.807, 2.05) is 31.2 Å². The van der Waals surface area contributed by atoms with Crippen molar-refractivity contribution in [1.29, 1.82) is 0 Å². The van der Waals surface area contributed by atoms with Crippen molar-refractivity contribution in [1.82, 2.24) is 9.97 Å². The maximum Gasteiger partial charge on any atom is 0.276 e. The van der Waals surface area contributed by atoms with Gasteiger partial charge in [0.1, 0.15) is 5.69 Å². The fourth-order valence-corrected chi connectivity index (χ4v) is 2.12. The molecule has 1 heterocycles. The number of hydrogen-bond donors (Lipinski definition) is 2. The lowest BCUT2D eigenvalue weighted by atomic mass is 10.2. The summed E-state index contributed by atoms with van der Waals surface area (Å²) in [6.45, 7) is 8.01. The number of H-pyrrole nitrogens is 1. The second-order valence-electron chi connectivity index (χ2n) is 4.55. The molecular weight excluding hydrogens is 252 g/mol. The first kappa shape index (κ1) is 14.1. The van der Waals surface area contributed by atoms with Gasteiger partial charge in [-0.1, -0.05) is 0 Å². The number of imidazole rings is 1. The molecule has 1 amide bonds. The zero-order valence-corrected chi connectivity index (χ0v) is 12.1. The molecule has 20 heavy (non-hydrogen) atoms. The van der Waals surface area contributed by atoms with Crippen LogP contribution in [0.3, 0.4) is 0 Å². The molecule has 0 spiro atoms. The first-order valence-corrected chi connectivity index (χ1v) is 6.82. The largest absolute Gasteiger partial charge is 0.372 e. The second-order valence-corrected chi connectivity index (χ2v) is 4.55. The summed E-state index contributed by atoms with van der Waals surface area (Å²) in [7, 11) is 0. The third-order valence-corrected chi connectivity index (χ3v) is 3.30. The molecule has 0 radical (unpaired) electrons. The first-order valence-electron chi connectivity index (χ1n) is 6.82. The van der Waals surface area contributed by atoms with Gasteiger partial charge in [0.25, 0.3) is 5.91 Å². The molecule has 0 unspecified atom stereocenters. The SMILES string of the molecule is CCN(CC)c1ccc(NC(=O)c2nc[nH]c2C)cc1. The zero-order valence-electron chi connectivity index (χ0n) is 12.1. The number of benzene rings is 1. The van der Waals surface area contributed by atoms with E-state index in [9.17, 15) is 4.79 Å². The van der Waals surface area contributed by atoms with Gasteiger partial charge in [-0.05, 0) is 45.0 Å². The van der Waals surface area contributed by atoms with E-state index in [1.165, 1.54) is 6.33 Å². The van der Waals surface area contributed by atoms with Crippen LogP contribution in [0.4, 0.5) is 11.4 Å². The van der Waals surface area contributed by atoms with E-state index in [0.29, 0.717) is 5.69 Å². The van der Waals surface area contributed by atoms with Crippen molar-refractivity contribution in [3.8, 4) is 0 Å². The molecule has 0 saturated heterocycles. The highest BCUT2D eigenvalue weighted by molar-refractivity contribution is 6.03. The minimum Gasteiger partial charge on any atom is -0.372 e. The zero-order chi connectivity index (χ0) is 14.5. The molecule has 0 aliphatic carbocycles. The second kappa shape index (κ2) is 6.23. The molecule has 1 aromatic heterocycles. The Morgan fingerprint density at radius 1 is 1.25 bits per heavy atom. The van der Waals surface area contributed by atoms with Gasteiger partial charge >= 0.3 is 0 Å². The van der Waals surface area contributed by atoms with Gasteiger partial charge in [0.15, 0.2) is 0 Å². The predicted octanol–water partition coefficient (Wildman–Crippen LogP) is 2.82. The average Bonchev–Trinajstić information content (AvgIpc) is 2.88. The number of carbonyl (C=O) groups is 1. The summed E-state index contributed by atoms with van der Waals surface area (Å²) in [5, 5.41) is 2.85. The molecule has 0 saturated carbocycles. The van der Waals surface area contributed by atoms with Crippen LogP contribution in [0.2, 0.25) is 0 Å². The van der Waals surface area contributed by atoms with Crippen molar-refractivity contribution in [3.05, 3.63) is 42.0 Å². The Morgan fingerprint density at radius 3 is 2.40 bits per heavy atom. The summed E-state index contributed by atoms with van der Waals surface area (Å²) in [4.78, 5) is 21.2. The Morgan fingerprint density at radius 2 is 1.90 bits per heavy atom. The highest BCUT2D eigenvalue weighted by atomic mass is 16.1. The Kier molecular flexibility index (Phi) is 4.40. The molecule has 5 nitrogen and oxygen atoms in total. The summed E-state index contributed by atoms with van der Waals surface area (Å²) in [6, 6.07) is 7.85. The third kappa shape index (κ3) is 2.99. The molecular formula is C15H20N4O. The van der Waals surface area contributed by atoms with E-state index < -0.39 is 0 Å². The van der Waals surface area contributed by atoms with Gasteiger partial charge < -0.3 is 15.2 Å². The predicted molar refractivity (Wildman–Crippen MR) is 81.3 cm³/mol. The van der Waals surface area contributed by atoms with Crippen molar-refractivity contribution in [2.75, 3.05) is 23.3 Å². The van der Waals surface area contributed by atoms with Crippen LogP contribution < -0.4 is 10.2 Å². The van der Waals surface area contributed by atoms with Gasteiger partial charge in [-0.3, -0.25) is 4.79 Å². The van der Waals surface area contributed by atoms with Crippen molar-refractivity contribution in [3.63, 3.8) is 0 Å². The summed E-state index contributed by atoms with van der Waals surface area (Å²) in [5.41, 5.74) is 3.12. The number of carbonyl (C=O) groups excluding carboxylic acids is 1. The summed E-state index contributed by atoms with van der Waals surface area (Å²) < 4.78 is 0. The number of nitrogens with zero attached hydrogens (tertiary/aromatic N) is 2. The van der Waals surface area contributed by atoms with E-state index in [4.69, 9.17) is 0 Å². The van der Waals surface area contributed by atoms with Crippen molar-refractivity contribution in [2.45, 2.75) is 20.8 Å². The van der Waals surface area contributed by atoms with Gasteiger partial charge in [0, 0.05) is 30.2 Å². The van der Waals surface area contributed by atoms with Crippen molar-refractivity contribution >= 4 is 17.3 Å². The third-order valence-electron chi connectivity index (χ3n) is 3.30. The topological polar surface area (TPSA) is 61.0 Å². The standard InChI is InChI=1S/C15H20N4O/c1-4-19(5-2)13-8-6-12(7-9-13)18-15(20)14-11(3)16-10-17-14/h6-10H,4-5H2,1-3H3,(H,16,17)(H,18,20). The smallest absolute Gasteiger partial charge is 0.276 e. The Balaban J connectivity index is 2.08. The number of anilines is 2. The van der Waals surface area contributed by atoms with E-state index in [2.05, 4.69) is 34.0 Å². The lowest BCUT2D eigenvalue weighted by Gasteiger charge is -2.21. The van der Waals surface area contributed by atoms with Gasteiger partial charge in [-0.2, -0.15) is 0 Å². The maximum atomic E-state index is 12.0. The number of aryl methyl sites for hydroxylation is 1. The van der Waals surface area contributed by atoms with E-state index in [-0.39, 0.29) is 5.91 Å². The highest BCUT2D eigenvalue weighted by Gasteiger charge is 2.11. The van der Waals surface area contributed by atoms with Crippen molar-refractivity contribution in [2.24, 2.45) is 0 Å². The molecule has 0 aliphatic heterocycles. The van der Waals surface area contributed by atoms with Gasteiger partial charge in [-0.25, -0.2) is 4.98 Å². The Bertz CT molecular complexity index is 570. The van der Waals surface area contributed by atoms with Crippen LogP contribution in [0, 0.1) is 6.92 Å². The van der Waals surface area contributed by atoms with E-state index >= 15 is 0 Å². The first-order chi connectivity index (χ1) is 9.65. The number of rotatable bonds is 5. The molecule has 2 N–H and O–H groups in total. The van der Waals surface area contributed by atoms with Gasteiger partial charge in [0.05, 0.1) is 6.33 Å². The number of nitrogens with one attached hydrogen (secondary N) is 2. The quantitative estimate of drug-likeness (QED) is 0.879. The molecule has 106 valence electrons. The number of amides is 1. The molecule has 0 bridgehead atoms. The number of aromatic amines is 1. The van der Waals surface area contributed by atoms with Crippen LogP contribution in [0.15, 0.2) is 30.6 Å². The fourth-order valence-electron chi connectivity index (χ4n) is 2.12. The lowest BCUT2D eigenvalue weighted by molar-refractivity contribution is 0.102. The van der Waals surface area contributed by atoms with Crippen LogP contribution in [-0.2, 0) is 0 Å². The van der Waals surface area contributed by atoms with E-state index in [0.717, 1.165) is 30.2 Å². The highest BCUT2D eigenvalue weighted by Crippen LogP contribution is 2.18. The summed E-state index contributed by atoms with van der Waals surface area (Å²) >= 11 is 0. The van der Waals surface area contributed by atoms with Crippen LogP contribution >= 0.6 is 0 Å². The van der Waals surface area contributed by atoms with Crippen molar-refractivity contribution < 1.29 is 4.79 Å². The molecule has 0 atom stereocenters. The number of hydrogen-bond acceptors (Lipinski definition) is 3. The molecule has 5 heteroatoms.